The predicted molar refractivity (Wildman–Crippen MR) is 125 cm³/mol. The fourth-order valence-electron chi connectivity index (χ4n) is 3.14. The molecule has 3 aromatic rings. The Morgan fingerprint density at radius 2 is 1.39 bits per heavy atom. The van der Waals surface area contributed by atoms with Crippen LogP contribution in [-0.4, -0.2) is 17.0 Å². The van der Waals surface area contributed by atoms with E-state index in [9.17, 15) is 9.59 Å². The van der Waals surface area contributed by atoms with Gasteiger partial charge in [-0.3, -0.25) is 4.79 Å². The Morgan fingerprint density at radius 1 is 0.806 bits per heavy atom. The summed E-state index contributed by atoms with van der Waals surface area (Å²) in [5.41, 5.74) is 4.53. The lowest BCUT2D eigenvalue weighted by Gasteiger charge is -2.10. The Bertz CT molecular complexity index is 1080. The molecule has 31 heavy (non-hydrogen) atoms. The molecule has 0 radical (unpaired) electrons. The Hall–Kier alpha value is -3.92. The van der Waals surface area contributed by atoms with E-state index >= 15 is 0 Å². The number of carboxylic acid groups (broad SMARTS) is 1. The van der Waals surface area contributed by atoms with Crippen LogP contribution in [0, 0.1) is 0 Å². The predicted octanol–water partition coefficient (Wildman–Crippen LogP) is 5.42. The second-order valence-corrected chi connectivity index (χ2v) is 7.09. The second-order valence-electron chi connectivity index (χ2n) is 7.09. The largest absolute Gasteiger partial charge is 0.478 e. The third-order valence-electron chi connectivity index (χ3n) is 4.87. The molecule has 1 amide bonds. The summed E-state index contributed by atoms with van der Waals surface area (Å²) in [6.07, 6.45) is 4.01. The van der Waals surface area contributed by atoms with Gasteiger partial charge in [0.05, 0.1) is 0 Å². The number of hydrogen-bond acceptors (Lipinski definition) is 2. The Kier molecular flexibility index (Phi) is 7.55. The van der Waals surface area contributed by atoms with Gasteiger partial charge in [-0.25, -0.2) is 4.79 Å². The second kappa shape index (κ2) is 10.7. The molecular weight excluding hydrogens is 386 g/mol. The van der Waals surface area contributed by atoms with Gasteiger partial charge in [0.1, 0.15) is 0 Å². The number of amides is 1. The number of aliphatic carboxylic acids is 1. The number of rotatable bonds is 8. The molecular formula is C27H25NO3. The molecule has 0 saturated heterocycles. The smallest absolute Gasteiger partial charge is 0.331 e. The van der Waals surface area contributed by atoms with Crippen molar-refractivity contribution in [2.24, 2.45) is 0 Å². The van der Waals surface area contributed by atoms with Crippen LogP contribution in [0.25, 0.3) is 17.7 Å². The van der Waals surface area contributed by atoms with Crippen molar-refractivity contribution in [3.8, 4) is 0 Å². The molecule has 0 aliphatic rings. The highest BCUT2D eigenvalue weighted by molar-refractivity contribution is 6.24. The summed E-state index contributed by atoms with van der Waals surface area (Å²) in [6.45, 7) is 2.19. The maximum absolute atomic E-state index is 13.0. The molecule has 2 N–H and O–H groups in total. The van der Waals surface area contributed by atoms with Gasteiger partial charge in [-0.15, -0.1) is 0 Å². The van der Waals surface area contributed by atoms with E-state index in [4.69, 9.17) is 5.11 Å². The summed E-state index contributed by atoms with van der Waals surface area (Å²) in [5, 5.41) is 12.2. The van der Waals surface area contributed by atoms with Gasteiger partial charge >= 0.3 is 5.97 Å². The lowest BCUT2D eigenvalue weighted by Crippen LogP contribution is -2.23. The third kappa shape index (κ3) is 6.28. The van der Waals surface area contributed by atoms with Crippen LogP contribution >= 0.6 is 0 Å². The number of hydrogen-bond donors (Lipinski definition) is 2. The maximum Gasteiger partial charge on any atom is 0.331 e. The fourth-order valence-corrected chi connectivity index (χ4v) is 3.14. The topological polar surface area (TPSA) is 66.4 Å². The van der Waals surface area contributed by atoms with Crippen molar-refractivity contribution in [1.29, 1.82) is 0 Å². The van der Waals surface area contributed by atoms with Crippen LogP contribution < -0.4 is 5.32 Å². The summed E-state index contributed by atoms with van der Waals surface area (Å²) in [5.74, 6) is -1.06. The molecule has 0 unspecified atom stereocenters. The molecule has 0 aliphatic carbocycles. The van der Waals surface area contributed by atoms with Crippen LogP contribution in [0.1, 0.15) is 35.6 Å². The fraction of sp³-hybridized carbons (Fsp3) is 0.111. The molecule has 0 bridgehead atoms. The molecule has 4 heteroatoms. The molecule has 0 fully saturated rings. The van der Waals surface area contributed by atoms with E-state index in [-0.39, 0.29) is 5.91 Å². The first-order chi connectivity index (χ1) is 15.1. The van der Waals surface area contributed by atoms with Crippen molar-refractivity contribution in [2.75, 3.05) is 0 Å². The zero-order valence-corrected chi connectivity index (χ0v) is 17.4. The van der Waals surface area contributed by atoms with Crippen molar-refractivity contribution in [3.05, 3.63) is 113 Å². The first kappa shape index (κ1) is 21.8. The molecule has 0 aliphatic heterocycles. The highest BCUT2D eigenvalue weighted by Crippen LogP contribution is 2.19. The molecule has 0 saturated carbocycles. The van der Waals surface area contributed by atoms with Gasteiger partial charge in [-0.1, -0.05) is 91.9 Å². The molecule has 0 heterocycles. The lowest BCUT2D eigenvalue weighted by molar-refractivity contribution is -0.132. The minimum Gasteiger partial charge on any atom is -0.478 e. The van der Waals surface area contributed by atoms with Crippen molar-refractivity contribution in [3.63, 3.8) is 0 Å². The third-order valence-corrected chi connectivity index (χ3v) is 4.87. The molecule has 4 nitrogen and oxygen atoms in total. The van der Waals surface area contributed by atoms with E-state index in [1.54, 1.807) is 6.08 Å². The van der Waals surface area contributed by atoms with Gasteiger partial charge in [-0.2, -0.15) is 0 Å². The summed E-state index contributed by atoms with van der Waals surface area (Å²) >= 11 is 0. The Balaban J connectivity index is 1.74. The minimum absolute atomic E-state index is 0.154. The van der Waals surface area contributed by atoms with E-state index in [0.717, 1.165) is 22.3 Å². The molecule has 3 aromatic carbocycles. The van der Waals surface area contributed by atoms with E-state index in [0.29, 0.717) is 24.1 Å². The number of carbonyl (C=O) groups is 2. The molecule has 0 aromatic heterocycles. The summed E-state index contributed by atoms with van der Waals surface area (Å²) in [7, 11) is 0. The average Bonchev–Trinajstić information content (AvgIpc) is 2.81. The van der Waals surface area contributed by atoms with E-state index in [2.05, 4.69) is 5.32 Å². The van der Waals surface area contributed by atoms with Gasteiger partial charge < -0.3 is 10.4 Å². The summed E-state index contributed by atoms with van der Waals surface area (Å²) in [6, 6.07) is 26.8. The van der Waals surface area contributed by atoms with Crippen LogP contribution in [0.3, 0.4) is 0 Å². The van der Waals surface area contributed by atoms with Gasteiger partial charge in [0.25, 0.3) is 5.91 Å². The van der Waals surface area contributed by atoms with E-state index in [1.807, 2.05) is 97.9 Å². The Labute approximate surface area is 182 Å². The van der Waals surface area contributed by atoms with Gasteiger partial charge in [0, 0.05) is 17.7 Å². The number of nitrogens with one attached hydrogen (secondary N) is 1. The van der Waals surface area contributed by atoms with Crippen LogP contribution in [0.2, 0.25) is 0 Å². The quantitative estimate of drug-likeness (QED) is 0.384. The van der Waals surface area contributed by atoms with Gasteiger partial charge in [0.15, 0.2) is 0 Å². The number of carboxylic acids is 1. The minimum atomic E-state index is -0.905. The van der Waals surface area contributed by atoms with Crippen LogP contribution in [0.15, 0.2) is 90.5 Å². The summed E-state index contributed by atoms with van der Waals surface area (Å²) in [4.78, 5) is 24.2. The monoisotopic (exact) mass is 411 g/mol. The normalized spacial score (nSPS) is 11.8. The first-order valence-electron chi connectivity index (χ1n) is 10.2. The molecule has 0 atom stereocenters. The lowest BCUT2D eigenvalue weighted by atomic mass is 10.0. The average molecular weight is 412 g/mol. The highest BCUT2D eigenvalue weighted by atomic mass is 16.4. The van der Waals surface area contributed by atoms with E-state index < -0.39 is 5.97 Å². The SMILES string of the molecule is CCC(=Cc1ccc(CNC(=O)C(=Cc2ccccc2)c2ccccc2)cc1)C(=O)O. The number of benzene rings is 3. The van der Waals surface area contributed by atoms with E-state index in [1.165, 1.54) is 0 Å². The standard InChI is InChI=1S/C27H25NO3/c1-2-23(27(30)31)17-21-13-15-22(16-14-21)19-28-26(29)25(24-11-7-4-8-12-24)18-20-9-5-3-6-10-20/h3-18H,2,19H2,1H3,(H,28,29)(H,30,31). The maximum atomic E-state index is 13.0. The molecule has 156 valence electrons. The zero-order chi connectivity index (χ0) is 22.1. The van der Waals surface area contributed by atoms with Gasteiger partial charge in [0.2, 0.25) is 0 Å². The van der Waals surface area contributed by atoms with Crippen LogP contribution in [0.5, 0.6) is 0 Å². The number of carbonyl (C=O) groups excluding carboxylic acids is 1. The van der Waals surface area contributed by atoms with Crippen molar-refractivity contribution in [1.82, 2.24) is 5.32 Å². The van der Waals surface area contributed by atoms with Crippen molar-refractivity contribution < 1.29 is 14.7 Å². The Morgan fingerprint density at radius 3 is 1.97 bits per heavy atom. The summed E-state index contributed by atoms with van der Waals surface area (Å²) < 4.78 is 0. The van der Waals surface area contributed by atoms with Crippen LogP contribution in [-0.2, 0) is 16.1 Å². The highest BCUT2D eigenvalue weighted by Gasteiger charge is 2.12. The van der Waals surface area contributed by atoms with Crippen molar-refractivity contribution in [2.45, 2.75) is 19.9 Å². The zero-order valence-electron chi connectivity index (χ0n) is 17.4. The van der Waals surface area contributed by atoms with Crippen molar-refractivity contribution >= 4 is 29.6 Å². The van der Waals surface area contributed by atoms with Gasteiger partial charge in [-0.05, 0) is 40.8 Å². The molecule has 3 rings (SSSR count). The van der Waals surface area contributed by atoms with Crippen LogP contribution in [0.4, 0.5) is 0 Å². The first-order valence-corrected chi connectivity index (χ1v) is 10.2. The molecule has 0 spiro atoms.